The average molecular weight is 256 g/mol. The van der Waals surface area contributed by atoms with E-state index in [9.17, 15) is 0 Å². The number of hydrogen-bond donors (Lipinski definition) is 2. The molecule has 4 heteroatoms. The molecule has 4 nitrogen and oxygen atoms in total. The van der Waals surface area contributed by atoms with Gasteiger partial charge < -0.3 is 10.3 Å². The third-order valence-electron chi connectivity index (χ3n) is 4.66. The Morgan fingerprint density at radius 2 is 2.21 bits per heavy atom. The van der Waals surface area contributed by atoms with E-state index in [1.54, 1.807) is 0 Å². The molecule has 0 amide bonds. The molecule has 1 spiro atoms. The fraction of sp³-hybridized carbons (Fsp3) is 0.533. The second-order valence-electron chi connectivity index (χ2n) is 6.09. The molecule has 0 bridgehead atoms. The number of benzene rings is 1. The van der Waals surface area contributed by atoms with Crippen molar-refractivity contribution < 1.29 is 0 Å². The number of nitrogens with one attached hydrogen (secondary N) is 2. The van der Waals surface area contributed by atoms with Crippen LogP contribution in [0.5, 0.6) is 0 Å². The van der Waals surface area contributed by atoms with Gasteiger partial charge in [-0.25, -0.2) is 4.98 Å². The van der Waals surface area contributed by atoms with E-state index < -0.39 is 0 Å². The van der Waals surface area contributed by atoms with Crippen molar-refractivity contribution in [2.24, 2.45) is 5.41 Å². The molecule has 4 rings (SSSR count). The number of aromatic amines is 1. The van der Waals surface area contributed by atoms with Crippen LogP contribution in [0.3, 0.4) is 0 Å². The van der Waals surface area contributed by atoms with Gasteiger partial charge in [0.2, 0.25) is 0 Å². The molecule has 1 aromatic heterocycles. The summed E-state index contributed by atoms with van der Waals surface area (Å²) in [6.45, 7) is 5.77. The zero-order chi connectivity index (χ0) is 12.7. The first-order valence-corrected chi connectivity index (χ1v) is 7.20. The van der Waals surface area contributed by atoms with Gasteiger partial charge in [-0.1, -0.05) is 12.1 Å². The Labute approximate surface area is 113 Å². The second-order valence-corrected chi connectivity index (χ2v) is 6.09. The van der Waals surface area contributed by atoms with Crippen molar-refractivity contribution in [3.63, 3.8) is 0 Å². The largest absolute Gasteiger partial charge is 0.341 e. The summed E-state index contributed by atoms with van der Waals surface area (Å²) in [6, 6.07) is 8.27. The van der Waals surface area contributed by atoms with Crippen LogP contribution in [0.15, 0.2) is 24.3 Å². The van der Waals surface area contributed by atoms with Gasteiger partial charge in [0, 0.05) is 13.1 Å². The fourth-order valence-corrected chi connectivity index (χ4v) is 3.60. The minimum absolute atomic E-state index is 0.548. The van der Waals surface area contributed by atoms with Crippen LogP contribution in [-0.2, 0) is 6.54 Å². The summed E-state index contributed by atoms with van der Waals surface area (Å²) in [5.74, 6) is 1.10. The van der Waals surface area contributed by atoms with E-state index in [-0.39, 0.29) is 0 Å². The Bertz CT molecular complexity index is 550. The van der Waals surface area contributed by atoms with Crippen LogP contribution in [0.2, 0.25) is 0 Å². The minimum Gasteiger partial charge on any atom is -0.341 e. The molecule has 100 valence electrons. The van der Waals surface area contributed by atoms with E-state index in [0.717, 1.165) is 23.4 Å². The number of H-pyrrole nitrogens is 1. The number of likely N-dealkylation sites (tertiary alicyclic amines) is 1. The Kier molecular flexibility index (Phi) is 2.60. The standard InChI is InChI=1S/C15H20N4/c1-2-4-13-12(3-1)17-14(18-13)9-19-8-6-15(11-19)5-7-16-10-15/h1-4,16H,5-11H2,(H,17,18). The number of para-hydroxylation sites is 2. The average Bonchev–Trinajstić information content (AvgIpc) is 3.11. The van der Waals surface area contributed by atoms with Crippen LogP contribution in [0.4, 0.5) is 0 Å². The maximum Gasteiger partial charge on any atom is 0.121 e. The predicted molar refractivity (Wildman–Crippen MR) is 75.9 cm³/mol. The first-order chi connectivity index (χ1) is 9.33. The van der Waals surface area contributed by atoms with Gasteiger partial charge in [-0.3, -0.25) is 4.90 Å². The lowest BCUT2D eigenvalue weighted by Crippen LogP contribution is -2.29. The van der Waals surface area contributed by atoms with E-state index in [1.807, 2.05) is 6.07 Å². The highest BCUT2D eigenvalue weighted by Gasteiger charge is 2.40. The van der Waals surface area contributed by atoms with Gasteiger partial charge in [0.05, 0.1) is 17.6 Å². The van der Waals surface area contributed by atoms with Crippen molar-refractivity contribution in [3.8, 4) is 0 Å². The molecular weight excluding hydrogens is 236 g/mol. The molecule has 1 atom stereocenters. The summed E-state index contributed by atoms with van der Waals surface area (Å²) >= 11 is 0. The Balaban J connectivity index is 1.49. The maximum atomic E-state index is 4.68. The van der Waals surface area contributed by atoms with Crippen molar-refractivity contribution >= 4 is 11.0 Å². The van der Waals surface area contributed by atoms with Crippen LogP contribution < -0.4 is 5.32 Å². The molecule has 2 N–H and O–H groups in total. The topological polar surface area (TPSA) is 44.0 Å². The summed E-state index contributed by atoms with van der Waals surface area (Å²) in [6.07, 6.45) is 2.67. The van der Waals surface area contributed by atoms with Gasteiger partial charge in [0.1, 0.15) is 5.82 Å². The Morgan fingerprint density at radius 3 is 3.05 bits per heavy atom. The molecule has 2 aliphatic rings. The molecule has 0 radical (unpaired) electrons. The number of aromatic nitrogens is 2. The van der Waals surface area contributed by atoms with Crippen molar-refractivity contribution in [2.75, 3.05) is 26.2 Å². The molecule has 19 heavy (non-hydrogen) atoms. The van der Waals surface area contributed by atoms with Crippen molar-refractivity contribution in [1.82, 2.24) is 20.2 Å². The monoisotopic (exact) mass is 256 g/mol. The number of fused-ring (bicyclic) bond motifs is 1. The van der Waals surface area contributed by atoms with Crippen LogP contribution >= 0.6 is 0 Å². The van der Waals surface area contributed by atoms with Gasteiger partial charge in [-0.05, 0) is 43.5 Å². The number of nitrogens with zero attached hydrogens (tertiary/aromatic N) is 2. The molecular formula is C15H20N4. The molecule has 2 fully saturated rings. The third kappa shape index (κ3) is 2.05. The van der Waals surface area contributed by atoms with E-state index in [1.165, 1.54) is 39.0 Å². The Morgan fingerprint density at radius 1 is 1.26 bits per heavy atom. The van der Waals surface area contributed by atoms with Crippen LogP contribution in [0.1, 0.15) is 18.7 Å². The number of imidazole rings is 1. The van der Waals surface area contributed by atoms with Crippen LogP contribution in [0.25, 0.3) is 11.0 Å². The lowest BCUT2D eigenvalue weighted by molar-refractivity contribution is 0.264. The normalized spacial score (nSPS) is 27.8. The summed E-state index contributed by atoms with van der Waals surface area (Å²) in [5, 5.41) is 3.51. The number of hydrogen-bond acceptors (Lipinski definition) is 3. The number of rotatable bonds is 2. The zero-order valence-corrected chi connectivity index (χ0v) is 11.2. The lowest BCUT2D eigenvalue weighted by Gasteiger charge is -2.22. The first kappa shape index (κ1) is 11.4. The fourth-order valence-electron chi connectivity index (χ4n) is 3.60. The smallest absolute Gasteiger partial charge is 0.121 e. The van der Waals surface area contributed by atoms with Crippen molar-refractivity contribution in [1.29, 1.82) is 0 Å². The highest BCUT2D eigenvalue weighted by atomic mass is 15.2. The van der Waals surface area contributed by atoms with Crippen LogP contribution in [0, 0.1) is 5.41 Å². The minimum atomic E-state index is 0.548. The highest BCUT2D eigenvalue weighted by Crippen LogP contribution is 2.36. The van der Waals surface area contributed by atoms with Crippen molar-refractivity contribution in [3.05, 3.63) is 30.1 Å². The molecule has 2 saturated heterocycles. The SMILES string of the molecule is c1ccc2[nH]c(CN3CCC4(CCNC4)C3)nc2c1. The first-order valence-electron chi connectivity index (χ1n) is 7.20. The molecule has 0 saturated carbocycles. The van der Waals surface area contributed by atoms with E-state index in [0.29, 0.717) is 5.41 Å². The van der Waals surface area contributed by atoms with E-state index in [4.69, 9.17) is 0 Å². The van der Waals surface area contributed by atoms with Gasteiger partial charge in [-0.2, -0.15) is 0 Å². The summed E-state index contributed by atoms with van der Waals surface area (Å²) < 4.78 is 0. The van der Waals surface area contributed by atoms with Gasteiger partial charge in [0.15, 0.2) is 0 Å². The zero-order valence-electron chi connectivity index (χ0n) is 11.2. The summed E-state index contributed by atoms with van der Waals surface area (Å²) in [7, 11) is 0. The molecule has 2 aliphatic heterocycles. The van der Waals surface area contributed by atoms with Crippen molar-refractivity contribution in [2.45, 2.75) is 19.4 Å². The summed E-state index contributed by atoms with van der Waals surface area (Å²) in [5.41, 5.74) is 2.77. The molecule has 1 unspecified atom stereocenters. The van der Waals surface area contributed by atoms with Gasteiger partial charge >= 0.3 is 0 Å². The van der Waals surface area contributed by atoms with Gasteiger partial charge in [0.25, 0.3) is 0 Å². The molecule has 2 aromatic rings. The molecule has 3 heterocycles. The van der Waals surface area contributed by atoms with Gasteiger partial charge in [-0.15, -0.1) is 0 Å². The second kappa shape index (κ2) is 4.32. The van der Waals surface area contributed by atoms with Crippen LogP contribution in [-0.4, -0.2) is 41.0 Å². The van der Waals surface area contributed by atoms with E-state index >= 15 is 0 Å². The quantitative estimate of drug-likeness (QED) is 0.860. The summed E-state index contributed by atoms with van der Waals surface area (Å²) in [4.78, 5) is 10.7. The highest BCUT2D eigenvalue weighted by molar-refractivity contribution is 5.74. The predicted octanol–water partition coefficient (Wildman–Crippen LogP) is 1.75. The Hall–Kier alpha value is -1.39. The molecule has 1 aromatic carbocycles. The third-order valence-corrected chi connectivity index (χ3v) is 4.66. The lowest BCUT2D eigenvalue weighted by atomic mass is 9.87. The van der Waals surface area contributed by atoms with E-state index in [2.05, 4.69) is 38.4 Å². The molecule has 0 aliphatic carbocycles. The maximum absolute atomic E-state index is 4.68.